The molecule has 1 aromatic carbocycles. The van der Waals surface area contributed by atoms with Crippen LogP contribution in [-0.2, 0) is 18.4 Å². The van der Waals surface area contributed by atoms with Gasteiger partial charge in [0.1, 0.15) is 6.61 Å². The summed E-state index contributed by atoms with van der Waals surface area (Å²) in [5.41, 5.74) is 10.5. The first-order valence-corrected chi connectivity index (χ1v) is 11.0. The highest BCUT2D eigenvalue weighted by molar-refractivity contribution is 5.94. The van der Waals surface area contributed by atoms with Gasteiger partial charge in [0.05, 0.1) is 23.6 Å². The van der Waals surface area contributed by atoms with Gasteiger partial charge < -0.3 is 20.3 Å². The molecule has 1 fully saturated rings. The Morgan fingerprint density at radius 2 is 1.76 bits per heavy atom. The van der Waals surface area contributed by atoms with Gasteiger partial charge in [-0.2, -0.15) is 10.2 Å². The van der Waals surface area contributed by atoms with Crippen LogP contribution in [0, 0.1) is 0 Å². The second-order valence-electron chi connectivity index (χ2n) is 8.23. The first kappa shape index (κ1) is 21.5. The topological polar surface area (TPSA) is 111 Å². The van der Waals surface area contributed by atoms with Crippen LogP contribution in [0.3, 0.4) is 0 Å². The molecule has 0 aliphatic carbocycles. The molecule has 34 heavy (non-hydrogen) atoms. The quantitative estimate of drug-likeness (QED) is 0.490. The van der Waals surface area contributed by atoms with Crippen molar-refractivity contribution in [3.63, 3.8) is 0 Å². The molecule has 1 saturated heterocycles. The largest absolute Gasteiger partial charge is 0.445 e. The lowest BCUT2D eigenvalue weighted by Gasteiger charge is -2.34. The van der Waals surface area contributed by atoms with Crippen molar-refractivity contribution in [2.24, 2.45) is 12.8 Å². The fourth-order valence-corrected chi connectivity index (χ4v) is 4.20. The maximum atomic E-state index is 12.6. The smallest absolute Gasteiger partial charge is 0.410 e. The zero-order chi connectivity index (χ0) is 23.7. The second-order valence-corrected chi connectivity index (χ2v) is 8.23. The molecule has 2 N–H and O–H groups in total. The first-order chi connectivity index (χ1) is 16.5. The molecule has 3 aromatic heterocycles. The number of fused-ring (bicyclic) bond motifs is 1. The van der Waals surface area contributed by atoms with Crippen LogP contribution < -0.4 is 10.6 Å². The second kappa shape index (κ2) is 8.89. The molecular formula is C24H25N7O3. The molecule has 1 aliphatic rings. The van der Waals surface area contributed by atoms with Gasteiger partial charge in [-0.15, -0.1) is 0 Å². The fourth-order valence-electron chi connectivity index (χ4n) is 4.20. The molecule has 0 atom stereocenters. The van der Waals surface area contributed by atoms with E-state index in [4.69, 9.17) is 10.5 Å². The van der Waals surface area contributed by atoms with E-state index in [2.05, 4.69) is 27.2 Å². The average molecular weight is 460 g/mol. The van der Waals surface area contributed by atoms with Gasteiger partial charge in [0, 0.05) is 67.9 Å². The Morgan fingerprint density at radius 3 is 2.50 bits per heavy atom. The van der Waals surface area contributed by atoms with E-state index in [1.807, 2.05) is 36.4 Å². The van der Waals surface area contributed by atoms with Gasteiger partial charge in [-0.3, -0.25) is 9.48 Å². The minimum absolute atomic E-state index is 0.00543. The van der Waals surface area contributed by atoms with Crippen molar-refractivity contribution in [2.75, 3.05) is 31.1 Å². The lowest BCUT2D eigenvalue weighted by molar-refractivity contribution is 0.0918. The van der Waals surface area contributed by atoms with Crippen LogP contribution in [0.2, 0.25) is 0 Å². The number of ether oxygens (including phenoxy) is 1. The average Bonchev–Trinajstić information content (AvgIpc) is 3.48. The third kappa shape index (κ3) is 4.17. The van der Waals surface area contributed by atoms with Gasteiger partial charge in [-0.25, -0.2) is 9.31 Å². The standard InChI is InChI=1S/C24H25N7O3/c1-28-14-19(12-26-28)17-6-7-21-22(13-27-31(21)15-17)29-8-10-30(11-9-29)24(33)34-16-18-4-2-3-5-20(18)23(25)32/h2-7,12-15H,8-11,16H2,1H3,(H2,25,32). The Morgan fingerprint density at radius 1 is 0.971 bits per heavy atom. The van der Waals surface area contributed by atoms with Crippen LogP contribution in [0.15, 0.2) is 61.2 Å². The SMILES string of the molecule is Cn1cc(-c2ccc3c(N4CCN(C(=O)OCc5ccccc5C(N)=O)CC4)cnn3c2)cn1. The number of nitrogens with zero attached hydrogens (tertiary/aromatic N) is 6. The molecule has 4 aromatic rings. The van der Waals surface area contributed by atoms with Crippen molar-refractivity contribution in [1.82, 2.24) is 24.3 Å². The van der Waals surface area contributed by atoms with E-state index >= 15 is 0 Å². The minimum atomic E-state index is -0.541. The van der Waals surface area contributed by atoms with E-state index < -0.39 is 12.0 Å². The number of benzene rings is 1. The van der Waals surface area contributed by atoms with Crippen molar-refractivity contribution < 1.29 is 14.3 Å². The summed E-state index contributed by atoms with van der Waals surface area (Å²) in [6.45, 7) is 2.39. The number of aryl methyl sites for hydroxylation is 1. The molecular weight excluding hydrogens is 434 g/mol. The summed E-state index contributed by atoms with van der Waals surface area (Å²) in [7, 11) is 1.89. The molecule has 4 heterocycles. The van der Waals surface area contributed by atoms with E-state index in [1.54, 1.807) is 33.8 Å². The summed E-state index contributed by atoms with van der Waals surface area (Å²) in [5, 5.41) is 8.76. The lowest BCUT2D eigenvalue weighted by Crippen LogP contribution is -2.48. The van der Waals surface area contributed by atoms with Gasteiger partial charge in [0.25, 0.3) is 0 Å². The Bertz CT molecular complexity index is 1350. The molecule has 0 unspecified atom stereocenters. The molecule has 1 aliphatic heterocycles. The van der Waals surface area contributed by atoms with Crippen molar-refractivity contribution in [3.8, 4) is 11.1 Å². The monoisotopic (exact) mass is 459 g/mol. The van der Waals surface area contributed by atoms with Crippen LogP contribution in [0.25, 0.3) is 16.6 Å². The van der Waals surface area contributed by atoms with E-state index in [1.165, 1.54) is 0 Å². The van der Waals surface area contributed by atoms with Crippen molar-refractivity contribution in [1.29, 1.82) is 0 Å². The molecule has 0 saturated carbocycles. The maximum absolute atomic E-state index is 12.6. The molecule has 174 valence electrons. The Labute approximate surface area is 196 Å². The molecule has 0 radical (unpaired) electrons. The molecule has 10 nitrogen and oxygen atoms in total. The predicted octanol–water partition coefficient (Wildman–Crippen LogP) is 2.29. The van der Waals surface area contributed by atoms with Crippen molar-refractivity contribution in [2.45, 2.75) is 6.61 Å². The van der Waals surface area contributed by atoms with Crippen LogP contribution in [0.1, 0.15) is 15.9 Å². The summed E-state index contributed by atoms with van der Waals surface area (Å²) < 4.78 is 9.09. The first-order valence-electron chi connectivity index (χ1n) is 11.0. The number of pyridine rings is 1. The zero-order valence-electron chi connectivity index (χ0n) is 18.8. The van der Waals surface area contributed by atoms with Crippen LogP contribution in [-0.4, -0.2) is 62.5 Å². The van der Waals surface area contributed by atoms with E-state index in [-0.39, 0.29) is 6.61 Å². The number of hydrogen-bond donors (Lipinski definition) is 1. The summed E-state index contributed by atoms with van der Waals surface area (Å²) in [6, 6.07) is 11.0. The molecule has 5 rings (SSSR count). The number of amides is 2. The van der Waals surface area contributed by atoms with Gasteiger partial charge in [-0.05, 0) is 12.1 Å². The fraction of sp³-hybridized carbons (Fsp3) is 0.250. The minimum Gasteiger partial charge on any atom is -0.445 e. The number of primary amides is 1. The van der Waals surface area contributed by atoms with Crippen LogP contribution in [0.4, 0.5) is 10.5 Å². The third-order valence-corrected chi connectivity index (χ3v) is 6.05. The number of piperazine rings is 1. The normalized spacial score (nSPS) is 13.9. The highest BCUT2D eigenvalue weighted by atomic mass is 16.6. The molecule has 0 spiro atoms. The van der Waals surface area contributed by atoms with Crippen LogP contribution in [0.5, 0.6) is 0 Å². The molecule has 2 amide bonds. The number of aromatic nitrogens is 4. The van der Waals surface area contributed by atoms with Gasteiger partial charge >= 0.3 is 6.09 Å². The van der Waals surface area contributed by atoms with Crippen molar-refractivity contribution in [3.05, 3.63) is 72.3 Å². The number of carbonyl (C=O) groups is 2. The third-order valence-electron chi connectivity index (χ3n) is 6.05. The van der Waals surface area contributed by atoms with Gasteiger partial charge in [0.15, 0.2) is 0 Å². The van der Waals surface area contributed by atoms with Gasteiger partial charge in [0.2, 0.25) is 5.91 Å². The summed E-state index contributed by atoms with van der Waals surface area (Å²) in [6.07, 6.45) is 7.25. The zero-order valence-corrected chi connectivity index (χ0v) is 18.8. The Hall–Kier alpha value is -4.34. The highest BCUT2D eigenvalue weighted by Crippen LogP contribution is 2.26. The number of anilines is 1. The summed E-state index contributed by atoms with van der Waals surface area (Å²) in [4.78, 5) is 28.0. The summed E-state index contributed by atoms with van der Waals surface area (Å²) >= 11 is 0. The Balaban J connectivity index is 1.21. The number of hydrogen-bond acceptors (Lipinski definition) is 6. The van der Waals surface area contributed by atoms with E-state index in [0.717, 1.165) is 22.3 Å². The maximum Gasteiger partial charge on any atom is 0.410 e. The number of rotatable bonds is 5. The lowest BCUT2D eigenvalue weighted by atomic mass is 10.1. The van der Waals surface area contributed by atoms with E-state index in [9.17, 15) is 9.59 Å². The van der Waals surface area contributed by atoms with E-state index in [0.29, 0.717) is 37.3 Å². The van der Waals surface area contributed by atoms with Gasteiger partial charge in [-0.1, -0.05) is 24.3 Å². The molecule has 0 bridgehead atoms. The van der Waals surface area contributed by atoms with Crippen molar-refractivity contribution >= 4 is 23.2 Å². The Kier molecular flexibility index (Phi) is 5.62. The predicted molar refractivity (Wildman–Crippen MR) is 126 cm³/mol. The molecule has 10 heteroatoms. The highest BCUT2D eigenvalue weighted by Gasteiger charge is 2.24. The van der Waals surface area contributed by atoms with Crippen LogP contribution >= 0.6 is 0 Å². The summed E-state index contributed by atoms with van der Waals surface area (Å²) in [5.74, 6) is -0.541. The number of nitrogens with two attached hydrogens (primary N) is 1. The number of carbonyl (C=O) groups excluding carboxylic acids is 2.